The molecule has 0 aliphatic rings. The van der Waals surface area contributed by atoms with Crippen LogP contribution in [0.3, 0.4) is 0 Å². The summed E-state index contributed by atoms with van der Waals surface area (Å²) in [5.74, 6) is 0. The van der Waals surface area contributed by atoms with Crippen LogP contribution in [0.15, 0.2) is 47.5 Å². The van der Waals surface area contributed by atoms with Crippen LogP contribution in [0, 0.1) is 0 Å². The molecule has 0 unspecified atom stereocenters. The van der Waals surface area contributed by atoms with E-state index in [2.05, 4.69) is 29.9 Å². The highest BCUT2D eigenvalue weighted by Crippen LogP contribution is 2.24. The van der Waals surface area contributed by atoms with Gasteiger partial charge in [0.2, 0.25) is 0 Å². The average Bonchev–Trinajstić information content (AvgIpc) is 2.17. The molecule has 0 saturated carbocycles. The number of benzene rings is 2. The quantitative estimate of drug-likeness (QED) is 0.561. The van der Waals surface area contributed by atoms with Gasteiger partial charge in [0, 0.05) is 5.39 Å². The van der Waals surface area contributed by atoms with Gasteiger partial charge in [0.05, 0.1) is 5.69 Å². The van der Waals surface area contributed by atoms with Crippen molar-refractivity contribution in [3.63, 3.8) is 0 Å². The second-order valence-electron chi connectivity index (χ2n) is 2.66. The van der Waals surface area contributed by atoms with Crippen molar-refractivity contribution in [1.82, 2.24) is 0 Å². The first-order chi connectivity index (χ1) is 5.92. The first-order valence-electron chi connectivity index (χ1n) is 3.86. The van der Waals surface area contributed by atoms with Crippen molar-refractivity contribution in [3.8, 4) is 0 Å². The Balaban J connectivity index is 2.88. The normalized spacial score (nSPS) is 10.0. The van der Waals surface area contributed by atoms with E-state index in [0.717, 1.165) is 11.1 Å². The number of aliphatic imine (C=N–C) groups is 1. The van der Waals surface area contributed by atoms with E-state index in [0.29, 0.717) is 0 Å². The molecule has 0 fully saturated rings. The Morgan fingerprint density at radius 3 is 2.50 bits per heavy atom. The molecule has 0 radical (unpaired) electrons. The molecular formula is C11H9N. The fourth-order valence-electron chi connectivity index (χ4n) is 1.35. The fourth-order valence-corrected chi connectivity index (χ4v) is 1.35. The molecule has 0 N–H and O–H groups in total. The Bertz CT molecular complexity index is 413. The average molecular weight is 155 g/mol. The van der Waals surface area contributed by atoms with Crippen molar-refractivity contribution >= 4 is 23.2 Å². The van der Waals surface area contributed by atoms with E-state index >= 15 is 0 Å². The zero-order valence-electron chi connectivity index (χ0n) is 6.70. The topological polar surface area (TPSA) is 12.4 Å². The smallest absolute Gasteiger partial charge is 0.0700 e. The van der Waals surface area contributed by atoms with Crippen molar-refractivity contribution in [3.05, 3.63) is 42.5 Å². The molecular weight excluding hydrogens is 146 g/mol. The highest BCUT2D eigenvalue weighted by atomic mass is 14.7. The summed E-state index contributed by atoms with van der Waals surface area (Å²) in [6.07, 6.45) is 0. The minimum absolute atomic E-state index is 0.952. The SMILES string of the molecule is C=Nc1cccc2ccccc12. The van der Waals surface area contributed by atoms with Crippen molar-refractivity contribution in [2.24, 2.45) is 4.99 Å². The number of rotatable bonds is 1. The lowest BCUT2D eigenvalue weighted by Gasteiger charge is -1.99. The van der Waals surface area contributed by atoms with Crippen molar-refractivity contribution < 1.29 is 0 Å². The first kappa shape index (κ1) is 7.04. The molecule has 0 amide bonds. The molecule has 12 heavy (non-hydrogen) atoms. The molecule has 2 aromatic rings. The van der Waals surface area contributed by atoms with Gasteiger partial charge in [-0.25, -0.2) is 0 Å². The van der Waals surface area contributed by atoms with Crippen LogP contribution in [-0.2, 0) is 0 Å². The molecule has 1 heteroatoms. The fraction of sp³-hybridized carbons (Fsp3) is 0. The highest BCUT2D eigenvalue weighted by molar-refractivity contribution is 5.92. The molecule has 0 aliphatic heterocycles. The zero-order valence-corrected chi connectivity index (χ0v) is 6.70. The summed E-state index contributed by atoms with van der Waals surface area (Å²) in [7, 11) is 0. The van der Waals surface area contributed by atoms with Gasteiger partial charge in [0.15, 0.2) is 0 Å². The van der Waals surface area contributed by atoms with Gasteiger partial charge in [0.1, 0.15) is 0 Å². The molecule has 1 nitrogen and oxygen atoms in total. The summed E-state index contributed by atoms with van der Waals surface area (Å²) in [6.45, 7) is 3.53. The Kier molecular flexibility index (Phi) is 1.63. The van der Waals surface area contributed by atoms with Crippen molar-refractivity contribution in [2.75, 3.05) is 0 Å². The Labute approximate surface area is 71.4 Å². The summed E-state index contributed by atoms with van der Waals surface area (Å²) in [5.41, 5.74) is 0.952. The van der Waals surface area contributed by atoms with Gasteiger partial charge in [-0.05, 0) is 18.2 Å². The van der Waals surface area contributed by atoms with E-state index < -0.39 is 0 Å². The predicted molar refractivity (Wildman–Crippen MR) is 53.2 cm³/mol. The monoisotopic (exact) mass is 155 g/mol. The van der Waals surface area contributed by atoms with E-state index in [9.17, 15) is 0 Å². The maximum absolute atomic E-state index is 3.95. The van der Waals surface area contributed by atoms with E-state index in [1.165, 1.54) is 5.39 Å². The van der Waals surface area contributed by atoms with E-state index in [4.69, 9.17) is 0 Å². The zero-order chi connectivity index (χ0) is 8.39. The van der Waals surface area contributed by atoms with Gasteiger partial charge < -0.3 is 0 Å². The number of hydrogen-bond acceptors (Lipinski definition) is 1. The largest absolute Gasteiger partial charge is 0.264 e. The summed E-state index contributed by atoms with van der Waals surface area (Å²) in [6, 6.07) is 14.2. The van der Waals surface area contributed by atoms with E-state index in [1.807, 2.05) is 24.3 Å². The van der Waals surface area contributed by atoms with Gasteiger partial charge in [-0.1, -0.05) is 36.4 Å². The van der Waals surface area contributed by atoms with E-state index in [1.54, 1.807) is 0 Å². The molecule has 0 spiro atoms. The molecule has 0 aromatic heterocycles. The molecule has 0 bridgehead atoms. The lowest BCUT2D eigenvalue weighted by atomic mass is 10.1. The van der Waals surface area contributed by atoms with Crippen LogP contribution in [0.5, 0.6) is 0 Å². The third-order valence-corrected chi connectivity index (χ3v) is 1.94. The summed E-state index contributed by atoms with van der Waals surface area (Å²) < 4.78 is 0. The van der Waals surface area contributed by atoms with Crippen LogP contribution in [-0.4, -0.2) is 6.72 Å². The minimum Gasteiger partial charge on any atom is -0.264 e. The molecule has 0 atom stereocenters. The number of nitrogens with zero attached hydrogens (tertiary/aromatic N) is 1. The van der Waals surface area contributed by atoms with Crippen LogP contribution < -0.4 is 0 Å². The summed E-state index contributed by atoms with van der Waals surface area (Å²) in [4.78, 5) is 3.95. The lowest BCUT2D eigenvalue weighted by molar-refractivity contribution is 1.60. The second kappa shape index (κ2) is 2.78. The van der Waals surface area contributed by atoms with Gasteiger partial charge in [-0.3, -0.25) is 4.99 Å². The molecule has 58 valence electrons. The van der Waals surface area contributed by atoms with Crippen LogP contribution in [0.25, 0.3) is 10.8 Å². The Morgan fingerprint density at radius 1 is 0.917 bits per heavy atom. The molecule has 2 rings (SSSR count). The second-order valence-corrected chi connectivity index (χ2v) is 2.66. The Hall–Kier alpha value is -1.63. The van der Waals surface area contributed by atoms with Gasteiger partial charge >= 0.3 is 0 Å². The predicted octanol–water partition coefficient (Wildman–Crippen LogP) is 3.17. The van der Waals surface area contributed by atoms with Crippen LogP contribution in [0.1, 0.15) is 0 Å². The van der Waals surface area contributed by atoms with E-state index in [-0.39, 0.29) is 0 Å². The summed E-state index contributed by atoms with van der Waals surface area (Å²) in [5, 5.41) is 2.37. The Morgan fingerprint density at radius 2 is 1.67 bits per heavy atom. The summed E-state index contributed by atoms with van der Waals surface area (Å²) >= 11 is 0. The first-order valence-corrected chi connectivity index (χ1v) is 3.86. The van der Waals surface area contributed by atoms with Crippen LogP contribution in [0.2, 0.25) is 0 Å². The van der Waals surface area contributed by atoms with Crippen LogP contribution >= 0.6 is 0 Å². The molecule has 0 heterocycles. The molecule has 0 aliphatic carbocycles. The maximum Gasteiger partial charge on any atom is 0.0700 e. The highest BCUT2D eigenvalue weighted by Gasteiger charge is 1.95. The van der Waals surface area contributed by atoms with Gasteiger partial charge in [-0.2, -0.15) is 0 Å². The van der Waals surface area contributed by atoms with Gasteiger partial charge in [0.25, 0.3) is 0 Å². The molecule has 2 aromatic carbocycles. The van der Waals surface area contributed by atoms with Crippen molar-refractivity contribution in [2.45, 2.75) is 0 Å². The molecule has 0 saturated heterocycles. The third kappa shape index (κ3) is 0.996. The van der Waals surface area contributed by atoms with Gasteiger partial charge in [-0.15, -0.1) is 0 Å². The maximum atomic E-state index is 3.95. The third-order valence-electron chi connectivity index (χ3n) is 1.94. The number of fused-ring (bicyclic) bond motifs is 1. The lowest BCUT2D eigenvalue weighted by Crippen LogP contribution is -1.71. The minimum atomic E-state index is 0.952. The van der Waals surface area contributed by atoms with Crippen molar-refractivity contribution in [1.29, 1.82) is 0 Å². The number of hydrogen-bond donors (Lipinski definition) is 0. The standard InChI is InChI=1S/C11H9N/c1-12-11-8-4-6-9-5-2-3-7-10(9)11/h2-8H,1H2. The van der Waals surface area contributed by atoms with Crippen LogP contribution in [0.4, 0.5) is 5.69 Å².